The van der Waals surface area contributed by atoms with E-state index in [0.717, 1.165) is 5.56 Å². The summed E-state index contributed by atoms with van der Waals surface area (Å²) in [4.78, 5) is 11.4. The molecular formula is C12H17ClN2O3S. The van der Waals surface area contributed by atoms with Gasteiger partial charge in [0, 0.05) is 11.6 Å². The van der Waals surface area contributed by atoms with Crippen molar-refractivity contribution in [1.82, 2.24) is 10.0 Å². The Morgan fingerprint density at radius 1 is 1.37 bits per heavy atom. The molecule has 2 N–H and O–H groups in total. The van der Waals surface area contributed by atoms with E-state index in [2.05, 4.69) is 10.0 Å². The summed E-state index contributed by atoms with van der Waals surface area (Å²) in [5.74, 6) is -0.387. The van der Waals surface area contributed by atoms with Crippen molar-refractivity contribution < 1.29 is 13.2 Å². The van der Waals surface area contributed by atoms with E-state index in [4.69, 9.17) is 11.6 Å². The van der Waals surface area contributed by atoms with Gasteiger partial charge < -0.3 is 5.32 Å². The van der Waals surface area contributed by atoms with Crippen LogP contribution >= 0.6 is 11.6 Å². The maximum atomic E-state index is 11.4. The molecule has 19 heavy (non-hydrogen) atoms. The zero-order valence-corrected chi connectivity index (χ0v) is 12.2. The molecule has 5 nitrogen and oxygen atoms in total. The molecule has 1 aromatic rings. The van der Waals surface area contributed by atoms with Crippen LogP contribution in [0.4, 0.5) is 0 Å². The van der Waals surface area contributed by atoms with Gasteiger partial charge in [0.15, 0.2) is 0 Å². The fourth-order valence-corrected chi connectivity index (χ4v) is 2.15. The molecule has 0 radical (unpaired) electrons. The predicted molar refractivity (Wildman–Crippen MR) is 75.6 cm³/mol. The minimum Gasteiger partial charge on any atom is -0.355 e. The predicted octanol–water partition coefficient (Wildman–Crippen LogP) is 0.938. The molecule has 7 heteroatoms. The van der Waals surface area contributed by atoms with Crippen LogP contribution in [0, 0.1) is 0 Å². The molecule has 0 heterocycles. The largest absolute Gasteiger partial charge is 0.355 e. The molecule has 0 aliphatic carbocycles. The summed E-state index contributed by atoms with van der Waals surface area (Å²) in [7, 11) is -3.33. The van der Waals surface area contributed by atoms with Gasteiger partial charge in [-0.25, -0.2) is 13.1 Å². The van der Waals surface area contributed by atoms with Crippen LogP contribution in [0.15, 0.2) is 24.3 Å². The number of nitrogens with one attached hydrogen (secondary N) is 2. The van der Waals surface area contributed by atoms with Crippen molar-refractivity contribution in [1.29, 1.82) is 0 Å². The first-order valence-electron chi connectivity index (χ1n) is 5.91. The Balaban J connectivity index is 2.28. The van der Waals surface area contributed by atoms with Crippen LogP contribution < -0.4 is 10.0 Å². The summed E-state index contributed by atoms with van der Waals surface area (Å²) in [6.45, 7) is 1.72. The second-order valence-corrected chi connectivity index (χ2v) is 6.49. The van der Waals surface area contributed by atoms with E-state index in [1.807, 2.05) is 18.2 Å². The molecule has 0 spiro atoms. The minimum atomic E-state index is -3.33. The molecule has 0 bridgehead atoms. The summed E-state index contributed by atoms with van der Waals surface area (Å²) in [6.07, 6.45) is 0.646. The molecule has 0 aliphatic heterocycles. The molecule has 0 atom stereocenters. The van der Waals surface area contributed by atoms with Crippen molar-refractivity contribution in [3.05, 3.63) is 34.9 Å². The van der Waals surface area contributed by atoms with Crippen molar-refractivity contribution in [2.45, 2.75) is 13.3 Å². The maximum absolute atomic E-state index is 11.4. The van der Waals surface area contributed by atoms with Gasteiger partial charge in [-0.2, -0.15) is 0 Å². The Labute approximate surface area is 118 Å². The highest BCUT2D eigenvalue weighted by atomic mass is 35.5. The van der Waals surface area contributed by atoms with E-state index in [9.17, 15) is 13.2 Å². The summed E-state index contributed by atoms with van der Waals surface area (Å²) in [6, 6.07) is 7.36. The SMILES string of the molecule is CCS(=O)(=O)NCC(=O)NCCc1cccc(Cl)c1. The molecular weight excluding hydrogens is 288 g/mol. The summed E-state index contributed by atoms with van der Waals surface area (Å²) >= 11 is 5.84. The van der Waals surface area contributed by atoms with Gasteiger partial charge >= 0.3 is 0 Å². The van der Waals surface area contributed by atoms with Gasteiger partial charge in [-0.15, -0.1) is 0 Å². The maximum Gasteiger partial charge on any atom is 0.235 e. The quantitative estimate of drug-likeness (QED) is 0.787. The van der Waals surface area contributed by atoms with E-state index >= 15 is 0 Å². The lowest BCUT2D eigenvalue weighted by Crippen LogP contribution is -2.38. The van der Waals surface area contributed by atoms with Crippen LogP contribution in [-0.4, -0.2) is 33.2 Å². The number of hydrogen-bond donors (Lipinski definition) is 2. The van der Waals surface area contributed by atoms with E-state index < -0.39 is 10.0 Å². The Hall–Kier alpha value is -1.11. The number of halogens is 1. The number of sulfonamides is 1. The standard InChI is InChI=1S/C12H17ClN2O3S/c1-2-19(17,18)15-9-12(16)14-7-6-10-4-3-5-11(13)8-10/h3-5,8,15H,2,6-7,9H2,1H3,(H,14,16). The normalized spacial score (nSPS) is 11.3. The molecule has 0 saturated heterocycles. The zero-order valence-electron chi connectivity index (χ0n) is 10.6. The van der Waals surface area contributed by atoms with Crippen LogP contribution in [0.1, 0.15) is 12.5 Å². The monoisotopic (exact) mass is 304 g/mol. The number of rotatable bonds is 7. The van der Waals surface area contributed by atoms with Crippen molar-refractivity contribution in [3.63, 3.8) is 0 Å². The molecule has 1 amide bonds. The van der Waals surface area contributed by atoms with Gasteiger partial charge in [0.05, 0.1) is 12.3 Å². The Morgan fingerprint density at radius 2 is 2.11 bits per heavy atom. The topological polar surface area (TPSA) is 75.3 Å². The lowest BCUT2D eigenvalue weighted by Gasteiger charge is -2.07. The first-order valence-corrected chi connectivity index (χ1v) is 7.94. The molecule has 0 aromatic heterocycles. The summed E-state index contributed by atoms with van der Waals surface area (Å²) in [5, 5.41) is 3.29. The average Bonchev–Trinajstić information content (AvgIpc) is 2.37. The fourth-order valence-electron chi connectivity index (χ4n) is 1.38. The van der Waals surface area contributed by atoms with Crippen LogP contribution in [0.5, 0.6) is 0 Å². The van der Waals surface area contributed by atoms with Crippen LogP contribution in [0.2, 0.25) is 5.02 Å². The van der Waals surface area contributed by atoms with E-state index in [0.29, 0.717) is 18.0 Å². The number of hydrogen-bond acceptors (Lipinski definition) is 3. The number of benzene rings is 1. The Morgan fingerprint density at radius 3 is 2.74 bits per heavy atom. The van der Waals surface area contributed by atoms with Gasteiger partial charge in [-0.1, -0.05) is 23.7 Å². The second-order valence-electron chi connectivity index (χ2n) is 3.95. The van der Waals surface area contributed by atoms with Gasteiger partial charge in [0.1, 0.15) is 0 Å². The smallest absolute Gasteiger partial charge is 0.235 e. The second kappa shape index (κ2) is 7.47. The summed E-state index contributed by atoms with van der Waals surface area (Å²) in [5.41, 5.74) is 1.02. The third-order valence-corrected chi connectivity index (χ3v) is 4.04. The van der Waals surface area contributed by atoms with Gasteiger partial charge in [0.2, 0.25) is 15.9 Å². The first kappa shape index (κ1) is 15.9. The molecule has 0 aliphatic rings. The number of amides is 1. The fraction of sp³-hybridized carbons (Fsp3) is 0.417. The third-order valence-electron chi connectivity index (χ3n) is 2.46. The van der Waals surface area contributed by atoms with Gasteiger partial charge in [-0.05, 0) is 31.0 Å². The highest BCUT2D eigenvalue weighted by molar-refractivity contribution is 7.89. The van der Waals surface area contributed by atoms with E-state index in [-0.39, 0.29) is 18.2 Å². The van der Waals surface area contributed by atoms with Crippen molar-refractivity contribution in [3.8, 4) is 0 Å². The van der Waals surface area contributed by atoms with Crippen LogP contribution in [-0.2, 0) is 21.2 Å². The lowest BCUT2D eigenvalue weighted by atomic mass is 10.1. The van der Waals surface area contributed by atoms with Crippen molar-refractivity contribution in [2.75, 3.05) is 18.8 Å². The van der Waals surface area contributed by atoms with Gasteiger partial charge in [0.25, 0.3) is 0 Å². The molecule has 0 saturated carbocycles. The molecule has 0 fully saturated rings. The van der Waals surface area contributed by atoms with Crippen LogP contribution in [0.3, 0.4) is 0 Å². The van der Waals surface area contributed by atoms with Crippen molar-refractivity contribution in [2.24, 2.45) is 0 Å². The lowest BCUT2D eigenvalue weighted by molar-refractivity contribution is -0.119. The molecule has 106 valence electrons. The summed E-state index contributed by atoms with van der Waals surface area (Å²) < 4.78 is 24.5. The Kier molecular flexibility index (Phi) is 6.27. The number of carbonyl (C=O) groups excluding carboxylic acids is 1. The number of carbonyl (C=O) groups is 1. The highest BCUT2D eigenvalue weighted by Crippen LogP contribution is 2.10. The minimum absolute atomic E-state index is 0.0389. The highest BCUT2D eigenvalue weighted by Gasteiger charge is 2.08. The first-order chi connectivity index (χ1) is 8.93. The Bertz CT molecular complexity index is 532. The average molecular weight is 305 g/mol. The van der Waals surface area contributed by atoms with E-state index in [1.54, 1.807) is 6.07 Å². The molecule has 0 unspecified atom stereocenters. The van der Waals surface area contributed by atoms with Gasteiger partial charge in [-0.3, -0.25) is 4.79 Å². The van der Waals surface area contributed by atoms with E-state index in [1.165, 1.54) is 6.92 Å². The van der Waals surface area contributed by atoms with Crippen molar-refractivity contribution >= 4 is 27.5 Å². The third kappa shape index (κ3) is 6.56. The molecule has 1 rings (SSSR count). The zero-order chi connectivity index (χ0) is 14.3. The van der Waals surface area contributed by atoms with Crippen LogP contribution in [0.25, 0.3) is 0 Å². The molecule has 1 aromatic carbocycles.